The predicted molar refractivity (Wildman–Crippen MR) is 107 cm³/mol. The molecule has 0 atom stereocenters. The number of rotatable bonds is 6. The van der Waals surface area contributed by atoms with Crippen LogP contribution in [0.5, 0.6) is 0 Å². The minimum atomic E-state index is -0.223. The highest BCUT2D eigenvalue weighted by Gasteiger charge is 2.32. The molecule has 2 aromatic rings. The molecule has 4 nitrogen and oxygen atoms in total. The molecular weight excluding hydrogens is 353 g/mol. The molecule has 28 heavy (non-hydrogen) atoms. The third kappa shape index (κ3) is 4.45. The van der Waals surface area contributed by atoms with Crippen LogP contribution in [0.2, 0.25) is 0 Å². The Morgan fingerprint density at radius 3 is 2.61 bits per heavy atom. The van der Waals surface area contributed by atoms with Gasteiger partial charge >= 0.3 is 0 Å². The van der Waals surface area contributed by atoms with E-state index >= 15 is 0 Å². The Balaban J connectivity index is 1.53. The summed E-state index contributed by atoms with van der Waals surface area (Å²) in [6.07, 6.45) is 14.0. The molecular formula is C23H30FN3O. The van der Waals surface area contributed by atoms with Crippen molar-refractivity contribution in [1.82, 2.24) is 14.5 Å². The SMILES string of the molecule is O=C(C1CCCC1)N(Cc1nccn1Cc1cccc(F)c1)C1CCCCC1. The zero-order chi connectivity index (χ0) is 19.3. The molecule has 0 bridgehead atoms. The van der Waals surface area contributed by atoms with Crippen LogP contribution in [-0.2, 0) is 17.9 Å². The van der Waals surface area contributed by atoms with E-state index in [9.17, 15) is 9.18 Å². The van der Waals surface area contributed by atoms with Crippen LogP contribution in [0, 0.1) is 11.7 Å². The predicted octanol–water partition coefficient (Wildman–Crippen LogP) is 4.92. The smallest absolute Gasteiger partial charge is 0.226 e. The number of carbonyl (C=O) groups is 1. The van der Waals surface area contributed by atoms with E-state index in [0.717, 1.165) is 37.1 Å². The van der Waals surface area contributed by atoms with Crippen molar-refractivity contribution in [3.05, 3.63) is 53.9 Å². The maximum atomic E-state index is 13.6. The van der Waals surface area contributed by atoms with Gasteiger partial charge in [0.2, 0.25) is 5.91 Å². The first kappa shape index (κ1) is 19.2. The number of nitrogens with zero attached hydrogens (tertiary/aromatic N) is 3. The van der Waals surface area contributed by atoms with Crippen LogP contribution < -0.4 is 0 Å². The fourth-order valence-electron chi connectivity index (χ4n) is 4.81. The number of imidazole rings is 1. The first-order valence-electron chi connectivity index (χ1n) is 10.8. The Labute approximate surface area is 166 Å². The quantitative estimate of drug-likeness (QED) is 0.710. The number of aromatic nitrogens is 2. The Morgan fingerprint density at radius 1 is 1.11 bits per heavy atom. The maximum absolute atomic E-state index is 13.6. The summed E-state index contributed by atoms with van der Waals surface area (Å²) >= 11 is 0. The third-order valence-corrected chi connectivity index (χ3v) is 6.36. The van der Waals surface area contributed by atoms with Crippen LogP contribution in [0.25, 0.3) is 0 Å². The average molecular weight is 384 g/mol. The molecule has 150 valence electrons. The molecule has 2 aliphatic carbocycles. The van der Waals surface area contributed by atoms with Crippen LogP contribution in [0.1, 0.15) is 69.2 Å². The molecule has 0 spiro atoms. The molecule has 0 unspecified atom stereocenters. The number of benzene rings is 1. The van der Waals surface area contributed by atoms with E-state index in [1.165, 1.54) is 38.2 Å². The van der Waals surface area contributed by atoms with Crippen molar-refractivity contribution >= 4 is 5.91 Å². The second-order valence-corrected chi connectivity index (χ2v) is 8.34. The summed E-state index contributed by atoms with van der Waals surface area (Å²) in [6, 6.07) is 7.02. The van der Waals surface area contributed by atoms with E-state index in [2.05, 4.69) is 9.88 Å². The fourth-order valence-corrected chi connectivity index (χ4v) is 4.81. The molecule has 4 rings (SSSR count). The molecule has 0 saturated heterocycles. The highest BCUT2D eigenvalue weighted by Crippen LogP contribution is 2.31. The number of carbonyl (C=O) groups excluding carboxylic acids is 1. The van der Waals surface area contributed by atoms with Crippen molar-refractivity contribution < 1.29 is 9.18 Å². The van der Waals surface area contributed by atoms with Gasteiger partial charge in [-0.3, -0.25) is 4.79 Å². The Hall–Kier alpha value is -2.17. The lowest BCUT2D eigenvalue weighted by Crippen LogP contribution is -2.44. The lowest BCUT2D eigenvalue weighted by Gasteiger charge is -2.36. The summed E-state index contributed by atoms with van der Waals surface area (Å²) < 4.78 is 15.6. The van der Waals surface area contributed by atoms with E-state index in [4.69, 9.17) is 0 Å². The summed E-state index contributed by atoms with van der Waals surface area (Å²) in [6.45, 7) is 1.13. The van der Waals surface area contributed by atoms with Gasteiger partial charge in [0.1, 0.15) is 11.6 Å². The van der Waals surface area contributed by atoms with Crippen LogP contribution >= 0.6 is 0 Å². The number of hydrogen-bond donors (Lipinski definition) is 0. The second kappa shape index (κ2) is 8.89. The molecule has 2 aliphatic rings. The summed E-state index contributed by atoms with van der Waals surface area (Å²) in [7, 11) is 0. The molecule has 1 aromatic heterocycles. The van der Waals surface area contributed by atoms with Crippen molar-refractivity contribution in [1.29, 1.82) is 0 Å². The highest BCUT2D eigenvalue weighted by atomic mass is 19.1. The first-order chi connectivity index (χ1) is 13.7. The van der Waals surface area contributed by atoms with E-state index in [0.29, 0.717) is 25.0 Å². The summed E-state index contributed by atoms with van der Waals surface area (Å²) in [5.74, 6) is 1.18. The Kier molecular flexibility index (Phi) is 6.08. The summed E-state index contributed by atoms with van der Waals surface area (Å²) in [5, 5.41) is 0. The molecule has 1 amide bonds. The fraction of sp³-hybridized carbons (Fsp3) is 0.565. The van der Waals surface area contributed by atoms with Crippen LogP contribution in [-0.4, -0.2) is 26.4 Å². The lowest BCUT2D eigenvalue weighted by molar-refractivity contribution is -0.139. The molecule has 2 saturated carbocycles. The Bertz CT molecular complexity index is 791. The van der Waals surface area contributed by atoms with Gasteiger partial charge in [0.15, 0.2) is 0 Å². The Morgan fingerprint density at radius 2 is 1.86 bits per heavy atom. The molecule has 5 heteroatoms. The normalized spacial score (nSPS) is 18.5. The zero-order valence-electron chi connectivity index (χ0n) is 16.5. The summed E-state index contributed by atoms with van der Waals surface area (Å²) in [5.41, 5.74) is 0.908. The van der Waals surface area contributed by atoms with Crippen LogP contribution in [0.15, 0.2) is 36.7 Å². The van der Waals surface area contributed by atoms with Gasteiger partial charge in [0.05, 0.1) is 6.54 Å². The summed E-state index contributed by atoms with van der Waals surface area (Å²) in [4.78, 5) is 20.0. The molecule has 0 aliphatic heterocycles. The maximum Gasteiger partial charge on any atom is 0.226 e. The van der Waals surface area contributed by atoms with Gasteiger partial charge in [-0.05, 0) is 43.4 Å². The zero-order valence-corrected chi connectivity index (χ0v) is 16.5. The van der Waals surface area contributed by atoms with Gasteiger partial charge in [-0.2, -0.15) is 0 Å². The van der Waals surface area contributed by atoms with Crippen molar-refractivity contribution in [3.8, 4) is 0 Å². The largest absolute Gasteiger partial charge is 0.332 e. The third-order valence-electron chi connectivity index (χ3n) is 6.36. The van der Waals surface area contributed by atoms with Gasteiger partial charge in [0, 0.05) is 30.9 Å². The van der Waals surface area contributed by atoms with Gasteiger partial charge in [-0.25, -0.2) is 9.37 Å². The molecule has 1 heterocycles. The monoisotopic (exact) mass is 383 g/mol. The average Bonchev–Trinajstić information content (AvgIpc) is 3.39. The topological polar surface area (TPSA) is 38.1 Å². The minimum Gasteiger partial charge on any atom is -0.332 e. The van der Waals surface area contributed by atoms with Gasteiger partial charge in [-0.1, -0.05) is 44.2 Å². The van der Waals surface area contributed by atoms with E-state index in [1.54, 1.807) is 18.3 Å². The lowest BCUT2D eigenvalue weighted by atomic mass is 9.93. The van der Waals surface area contributed by atoms with Crippen LogP contribution in [0.4, 0.5) is 4.39 Å². The van der Waals surface area contributed by atoms with Crippen molar-refractivity contribution in [2.24, 2.45) is 5.92 Å². The minimum absolute atomic E-state index is 0.188. The molecule has 2 fully saturated rings. The number of amides is 1. The first-order valence-corrected chi connectivity index (χ1v) is 10.8. The number of halogens is 1. The molecule has 0 N–H and O–H groups in total. The van der Waals surface area contributed by atoms with E-state index in [1.807, 2.05) is 16.8 Å². The van der Waals surface area contributed by atoms with Gasteiger partial charge in [0.25, 0.3) is 0 Å². The van der Waals surface area contributed by atoms with Crippen LogP contribution in [0.3, 0.4) is 0 Å². The molecule has 1 aromatic carbocycles. The number of hydrogen-bond acceptors (Lipinski definition) is 2. The van der Waals surface area contributed by atoms with Crippen molar-refractivity contribution in [3.63, 3.8) is 0 Å². The standard InChI is InChI=1S/C23H30FN3O/c24-20-10-6-7-18(15-20)16-26-14-13-25-22(26)17-27(21-11-2-1-3-12-21)23(28)19-8-4-5-9-19/h6-7,10,13-15,19,21H,1-5,8-9,11-12,16-17H2. The van der Waals surface area contributed by atoms with E-state index in [-0.39, 0.29) is 11.7 Å². The van der Waals surface area contributed by atoms with Crippen molar-refractivity contribution in [2.45, 2.75) is 76.9 Å². The van der Waals surface area contributed by atoms with Gasteiger partial charge < -0.3 is 9.47 Å². The van der Waals surface area contributed by atoms with Gasteiger partial charge in [-0.15, -0.1) is 0 Å². The highest BCUT2D eigenvalue weighted by molar-refractivity contribution is 5.79. The van der Waals surface area contributed by atoms with Crippen molar-refractivity contribution in [2.75, 3.05) is 0 Å². The second-order valence-electron chi connectivity index (χ2n) is 8.34. The molecule has 0 radical (unpaired) electrons. The van der Waals surface area contributed by atoms with E-state index < -0.39 is 0 Å².